The average Bonchev–Trinajstić information content (AvgIpc) is 2.86. The zero-order valence-electron chi connectivity index (χ0n) is 15.3. The summed E-state index contributed by atoms with van der Waals surface area (Å²) in [6, 6.07) is 8.38. The second kappa shape index (κ2) is 9.27. The Kier molecular flexibility index (Phi) is 6.78. The highest BCUT2D eigenvalue weighted by atomic mass is 16.5. The van der Waals surface area contributed by atoms with Crippen molar-refractivity contribution in [1.29, 1.82) is 0 Å². The molecule has 27 heavy (non-hydrogen) atoms. The van der Waals surface area contributed by atoms with Crippen LogP contribution < -0.4 is 5.32 Å². The van der Waals surface area contributed by atoms with Crippen molar-refractivity contribution >= 4 is 11.8 Å². The summed E-state index contributed by atoms with van der Waals surface area (Å²) in [5, 5.41) is 23.3. The third-order valence-electron chi connectivity index (χ3n) is 5.19. The SMILES string of the molecule is O=C(NCC(=O)N1CC[C@@H](O)[C@@H](O)[C@H](N2CCOCC2)C1)c1ccccc1. The molecule has 8 nitrogen and oxygen atoms in total. The van der Waals surface area contributed by atoms with Crippen LogP contribution in [0, 0.1) is 0 Å². The number of ether oxygens (including phenoxy) is 1. The summed E-state index contributed by atoms with van der Waals surface area (Å²) in [5.41, 5.74) is 0.498. The third kappa shape index (κ3) is 5.04. The van der Waals surface area contributed by atoms with E-state index in [-0.39, 0.29) is 24.4 Å². The van der Waals surface area contributed by atoms with Crippen molar-refractivity contribution in [2.45, 2.75) is 24.7 Å². The molecule has 0 spiro atoms. The van der Waals surface area contributed by atoms with Crippen LogP contribution in [0.5, 0.6) is 0 Å². The summed E-state index contributed by atoms with van der Waals surface area (Å²) >= 11 is 0. The standard InChI is InChI=1S/C19H27N3O5/c23-16-6-7-22(13-15(18(16)25)21-8-10-27-11-9-21)17(24)12-20-19(26)14-4-2-1-3-5-14/h1-5,15-16,18,23,25H,6-13H2,(H,20,26)/t15-,16-,18+/m1/s1. The van der Waals surface area contributed by atoms with E-state index in [0.717, 1.165) is 0 Å². The van der Waals surface area contributed by atoms with Gasteiger partial charge in [-0.15, -0.1) is 0 Å². The van der Waals surface area contributed by atoms with Crippen molar-refractivity contribution in [2.24, 2.45) is 0 Å². The van der Waals surface area contributed by atoms with Crippen LogP contribution in [0.4, 0.5) is 0 Å². The summed E-state index contributed by atoms with van der Waals surface area (Å²) < 4.78 is 5.35. The summed E-state index contributed by atoms with van der Waals surface area (Å²) in [4.78, 5) is 28.4. The molecule has 2 aliphatic rings. The quantitative estimate of drug-likeness (QED) is 0.627. The van der Waals surface area contributed by atoms with Crippen LogP contribution in [-0.4, -0.2) is 96.0 Å². The maximum Gasteiger partial charge on any atom is 0.251 e. The topological polar surface area (TPSA) is 102 Å². The Morgan fingerprint density at radius 3 is 2.52 bits per heavy atom. The lowest BCUT2D eigenvalue weighted by Gasteiger charge is -2.38. The molecule has 2 saturated heterocycles. The van der Waals surface area contributed by atoms with Crippen molar-refractivity contribution in [1.82, 2.24) is 15.1 Å². The van der Waals surface area contributed by atoms with E-state index >= 15 is 0 Å². The predicted octanol–water partition coefficient (Wildman–Crippen LogP) is -0.929. The molecule has 2 heterocycles. The van der Waals surface area contributed by atoms with Crippen LogP contribution in [0.1, 0.15) is 16.8 Å². The maximum atomic E-state index is 12.6. The number of nitrogens with one attached hydrogen (secondary N) is 1. The van der Waals surface area contributed by atoms with Crippen molar-refractivity contribution < 1.29 is 24.5 Å². The molecule has 0 radical (unpaired) electrons. The molecule has 148 valence electrons. The largest absolute Gasteiger partial charge is 0.390 e. The fourth-order valence-electron chi connectivity index (χ4n) is 3.57. The molecule has 1 aromatic carbocycles. The Balaban J connectivity index is 1.60. The van der Waals surface area contributed by atoms with Gasteiger partial charge in [-0.2, -0.15) is 0 Å². The highest BCUT2D eigenvalue weighted by molar-refractivity contribution is 5.96. The van der Waals surface area contributed by atoms with Crippen molar-refractivity contribution in [2.75, 3.05) is 45.9 Å². The lowest BCUT2D eigenvalue weighted by Crippen LogP contribution is -2.56. The van der Waals surface area contributed by atoms with E-state index in [1.54, 1.807) is 29.2 Å². The van der Waals surface area contributed by atoms with E-state index in [0.29, 0.717) is 51.4 Å². The summed E-state index contributed by atoms with van der Waals surface area (Å²) in [6.45, 7) is 3.00. The molecule has 1 aromatic rings. The zero-order valence-corrected chi connectivity index (χ0v) is 15.3. The molecule has 2 amide bonds. The first-order valence-corrected chi connectivity index (χ1v) is 9.35. The number of likely N-dealkylation sites (tertiary alicyclic amines) is 1. The minimum absolute atomic E-state index is 0.115. The van der Waals surface area contributed by atoms with Crippen LogP contribution in [-0.2, 0) is 9.53 Å². The van der Waals surface area contributed by atoms with Gasteiger partial charge in [0.25, 0.3) is 5.91 Å². The van der Waals surface area contributed by atoms with Crippen molar-refractivity contribution in [3.05, 3.63) is 35.9 Å². The van der Waals surface area contributed by atoms with Gasteiger partial charge >= 0.3 is 0 Å². The molecular formula is C19H27N3O5. The number of rotatable bonds is 4. The summed E-state index contributed by atoms with van der Waals surface area (Å²) in [7, 11) is 0. The van der Waals surface area contributed by atoms with Crippen LogP contribution >= 0.6 is 0 Å². The van der Waals surface area contributed by atoms with E-state index in [1.165, 1.54) is 0 Å². The van der Waals surface area contributed by atoms with Crippen molar-refractivity contribution in [3.8, 4) is 0 Å². The Labute approximate surface area is 158 Å². The fraction of sp³-hybridized carbons (Fsp3) is 0.579. The van der Waals surface area contributed by atoms with Gasteiger partial charge in [0, 0.05) is 31.7 Å². The molecule has 2 aliphatic heterocycles. The van der Waals surface area contributed by atoms with Crippen LogP contribution in [0.15, 0.2) is 30.3 Å². The van der Waals surface area contributed by atoms with E-state index in [9.17, 15) is 19.8 Å². The molecule has 0 bridgehead atoms. The van der Waals surface area contributed by atoms with Gasteiger partial charge < -0.3 is 25.2 Å². The first-order valence-electron chi connectivity index (χ1n) is 9.35. The van der Waals surface area contributed by atoms with Gasteiger partial charge in [0.2, 0.25) is 5.91 Å². The second-order valence-corrected chi connectivity index (χ2v) is 6.95. The summed E-state index contributed by atoms with van der Waals surface area (Å²) in [5.74, 6) is -0.526. The smallest absolute Gasteiger partial charge is 0.251 e. The molecular weight excluding hydrogens is 350 g/mol. The van der Waals surface area contributed by atoms with Crippen LogP contribution in [0.25, 0.3) is 0 Å². The maximum absolute atomic E-state index is 12.6. The Bertz CT molecular complexity index is 635. The first kappa shape index (κ1) is 19.8. The average molecular weight is 377 g/mol. The molecule has 3 atom stereocenters. The van der Waals surface area contributed by atoms with E-state index in [4.69, 9.17) is 4.74 Å². The van der Waals surface area contributed by atoms with Gasteiger partial charge in [-0.1, -0.05) is 18.2 Å². The monoisotopic (exact) mass is 377 g/mol. The Morgan fingerprint density at radius 1 is 1.11 bits per heavy atom. The predicted molar refractivity (Wildman–Crippen MR) is 98.2 cm³/mol. The highest BCUT2D eigenvalue weighted by Gasteiger charge is 2.37. The van der Waals surface area contributed by atoms with Gasteiger partial charge in [-0.05, 0) is 18.6 Å². The number of carbonyl (C=O) groups is 2. The molecule has 8 heteroatoms. The normalized spacial score (nSPS) is 27.0. The number of aliphatic hydroxyl groups is 2. The van der Waals surface area contributed by atoms with Crippen LogP contribution in [0.3, 0.4) is 0 Å². The van der Waals surface area contributed by atoms with E-state index in [1.807, 2.05) is 6.07 Å². The van der Waals surface area contributed by atoms with Gasteiger partial charge in [0.1, 0.15) is 0 Å². The molecule has 0 saturated carbocycles. The minimum Gasteiger partial charge on any atom is -0.390 e. The lowest BCUT2D eigenvalue weighted by molar-refractivity contribution is -0.131. The third-order valence-corrected chi connectivity index (χ3v) is 5.19. The van der Waals surface area contributed by atoms with Crippen molar-refractivity contribution in [3.63, 3.8) is 0 Å². The number of carbonyl (C=O) groups excluding carboxylic acids is 2. The van der Waals surface area contributed by atoms with Gasteiger partial charge in [0.15, 0.2) is 0 Å². The van der Waals surface area contributed by atoms with Gasteiger partial charge in [0.05, 0.1) is 38.0 Å². The number of aliphatic hydroxyl groups excluding tert-OH is 2. The number of morpholine rings is 1. The molecule has 2 fully saturated rings. The van der Waals surface area contributed by atoms with Crippen LogP contribution in [0.2, 0.25) is 0 Å². The molecule has 3 N–H and O–H groups in total. The molecule has 0 aliphatic carbocycles. The number of hydrogen-bond donors (Lipinski definition) is 3. The molecule has 0 unspecified atom stereocenters. The van der Waals surface area contributed by atoms with E-state index in [2.05, 4.69) is 10.2 Å². The van der Waals surface area contributed by atoms with Gasteiger partial charge in [-0.25, -0.2) is 0 Å². The second-order valence-electron chi connectivity index (χ2n) is 6.95. The first-order chi connectivity index (χ1) is 13.1. The van der Waals surface area contributed by atoms with E-state index < -0.39 is 12.2 Å². The van der Waals surface area contributed by atoms with Gasteiger partial charge in [-0.3, -0.25) is 14.5 Å². The molecule has 3 rings (SSSR count). The minimum atomic E-state index is -0.917. The summed E-state index contributed by atoms with van der Waals surface area (Å²) in [6.07, 6.45) is -1.49. The zero-order chi connectivity index (χ0) is 19.2. The molecule has 0 aromatic heterocycles. The number of amides is 2. The Morgan fingerprint density at radius 2 is 1.81 bits per heavy atom. The fourth-order valence-corrected chi connectivity index (χ4v) is 3.57. The number of hydrogen-bond acceptors (Lipinski definition) is 6. The number of nitrogens with zero attached hydrogens (tertiary/aromatic N) is 2. The highest BCUT2D eigenvalue weighted by Crippen LogP contribution is 2.19. The Hall–Kier alpha value is -2.00. The lowest BCUT2D eigenvalue weighted by atomic mass is 10.0. The number of benzene rings is 1.